The topological polar surface area (TPSA) is 70.6 Å². The van der Waals surface area contributed by atoms with Crippen LogP contribution >= 0.6 is 15.9 Å². The highest BCUT2D eigenvalue weighted by Gasteiger charge is 2.38. The monoisotopic (exact) mass is 427 g/mol. The van der Waals surface area contributed by atoms with Crippen LogP contribution in [-0.4, -0.2) is 23.7 Å². The van der Waals surface area contributed by atoms with E-state index in [9.17, 15) is 22.8 Å². The van der Waals surface area contributed by atoms with Crippen LogP contribution in [0.5, 0.6) is 0 Å². The molecule has 0 aliphatic heterocycles. The van der Waals surface area contributed by atoms with Crippen molar-refractivity contribution in [3.05, 3.63) is 64.1 Å². The lowest BCUT2D eigenvalue weighted by atomic mass is 10.1. The summed E-state index contributed by atoms with van der Waals surface area (Å²) in [4.78, 5) is 23.1. The highest BCUT2D eigenvalue weighted by molar-refractivity contribution is 9.10. The molecule has 0 saturated heterocycles. The third-order valence-electron chi connectivity index (χ3n) is 3.24. The summed E-state index contributed by atoms with van der Waals surface area (Å²) in [6, 6.07) is 12.5. The molecule has 2 amide bonds. The number of hydrogen-bond donors (Lipinski definition) is 2. The lowest BCUT2D eigenvalue weighted by Crippen LogP contribution is -2.29. The average Bonchev–Trinajstić information content (AvgIpc) is 2.59. The predicted molar refractivity (Wildman–Crippen MR) is 94.9 cm³/mol. The molecule has 26 heavy (non-hydrogen) atoms. The molecule has 2 N–H and O–H groups in total. The maximum absolute atomic E-state index is 12.3. The molecule has 0 atom stereocenters. The fourth-order valence-corrected chi connectivity index (χ4v) is 2.39. The summed E-state index contributed by atoms with van der Waals surface area (Å²) in [6.07, 6.45) is -4.98. The number of anilines is 1. The van der Waals surface area contributed by atoms with Crippen LogP contribution in [0.15, 0.2) is 58.1 Å². The van der Waals surface area contributed by atoms with Crippen LogP contribution in [0.3, 0.4) is 0 Å². The van der Waals surface area contributed by atoms with Crippen LogP contribution in [0.1, 0.15) is 22.8 Å². The smallest absolute Gasteiger partial charge is 0.318 e. The number of nitrogens with zero attached hydrogens (tertiary/aromatic N) is 1. The number of benzene rings is 2. The number of nitrogens with one attached hydrogen (secondary N) is 2. The highest BCUT2D eigenvalue weighted by Crippen LogP contribution is 2.19. The molecule has 0 saturated carbocycles. The van der Waals surface area contributed by atoms with Gasteiger partial charge in [-0.05, 0) is 52.7 Å². The van der Waals surface area contributed by atoms with E-state index in [2.05, 4.69) is 26.5 Å². The van der Waals surface area contributed by atoms with Gasteiger partial charge in [-0.3, -0.25) is 9.59 Å². The molecule has 0 spiro atoms. The molecule has 0 fully saturated rings. The van der Waals surface area contributed by atoms with Crippen LogP contribution in [0.25, 0.3) is 0 Å². The van der Waals surface area contributed by atoms with Gasteiger partial charge in [-0.2, -0.15) is 18.3 Å². The van der Waals surface area contributed by atoms with E-state index < -0.39 is 18.0 Å². The summed E-state index contributed by atoms with van der Waals surface area (Å²) in [5, 5.41) is 5.71. The molecule has 136 valence electrons. The molecule has 2 aromatic rings. The van der Waals surface area contributed by atoms with Crippen LogP contribution < -0.4 is 10.7 Å². The first kappa shape index (κ1) is 19.6. The van der Waals surface area contributed by atoms with Gasteiger partial charge in [0.2, 0.25) is 0 Å². The zero-order chi connectivity index (χ0) is 19.3. The third-order valence-corrected chi connectivity index (χ3v) is 3.93. The van der Waals surface area contributed by atoms with Gasteiger partial charge < -0.3 is 5.32 Å². The number of hydrogen-bond acceptors (Lipinski definition) is 3. The number of alkyl halides is 3. The summed E-state index contributed by atoms with van der Waals surface area (Å²) >= 11 is 3.26. The molecule has 0 bridgehead atoms. The number of carbonyl (C=O) groups is 2. The lowest BCUT2D eigenvalue weighted by Gasteiger charge is -2.09. The van der Waals surface area contributed by atoms with Gasteiger partial charge in [-0.1, -0.05) is 24.3 Å². The summed E-state index contributed by atoms with van der Waals surface area (Å²) in [5.41, 5.74) is 3.52. The van der Waals surface area contributed by atoms with Crippen molar-refractivity contribution in [1.82, 2.24) is 5.43 Å². The SMILES string of the molecule is C/C(=N/NC(=O)c1ccccc1Br)c1cccc(NC(=O)C(F)(F)F)c1. The Balaban J connectivity index is 2.12. The van der Waals surface area contributed by atoms with Gasteiger partial charge >= 0.3 is 12.1 Å². The van der Waals surface area contributed by atoms with E-state index in [0.29, 0.717) is 21.3 Å². The van der Waals surface area contributed by atoms with Gasteiger partial charge in [0.25, 0.3) is 5.91 Å². The Morgan fingerprint density at radius 1 is 1.08 bits per heavy atom. The standard InChI is InChI=1S/C17H13BrF3N3O2/c1-10(23-24-15(25)13-7-2-3-8-14(13)18)11-5-4-6-12(9-11)22-16(26)17(19,20)21/h2-9H,1H3,(H,22,26)(H,24,25)/b23-10-. The molecular weight excluding hydrogens is 415 g/mol. The summed E-state index contributed by atoms with van der Waals surface area (Å²) < 4.78 is 37.5. The van der Waals surface area contributed by atoms with Crippen molar-refractivity contribution in [3.63, 3.8) is 0 Å². The summed E-state index contributed by atoms with van der Waals surface area (Å²) in [7, 11) is 0. The number of rotatable bonds is 4. The molecule has 0 heterocycles. The quantitative estimate of drug-likeness (QED) is 0.569. The van der Waals surface area contributed by atoms with Crippen molar-refractivity contribution in [2.75, 3.05) is 5.32 Å². The van der Waals surface area contributed by atoms with Crippen LogP contribution in [-0.2, 0) is 4.79 Å². The molecule has 0 aliphatic carbocycles. The third kappa shape index (κ3) is 5.16. The lowest BCUT2D eigenvalue weighted by molar-refractivity contribution is -0.167. The first-order valence-electron chi connectivity index (χ1n) is 7.26. The van der Waals surface area contributed by atoms with Gasteiger partial charge in [0.05, 0.1) is 11.3 Å². The van der Waals surface area contributed by atoms with E-state index >= 15 is 0 Å². The normalized spacial score (nSPS) is 11.8. The van der Waals surface area contributed by atoms with E-state index in [1.807, 2.05) is 0 Å². The van der Waals surface area contributed by atoms with Crippen molar-refractivity contribution in [2.24, 2.45) is 5.10 Å². The van der Waals surface area contributed by atoms with Gasteiger partial charge in [0.1, 0.15) is 0 Å². The molecule has 0 unspecified atom stereocenters. The largest absolute Gasteiger partial charge is 0.471 e. The minimum Gasteiger partial charge on any atom is -0.318 e. The molecule has 2 aromatic carbocycles. The Hall–Kier alpha value is -2.68. The molecule has 0 aliphatic rings. The number of amides is 2. The second-order valence-electron chi connectivity index (χ2n) is 5.15. The van der Waals surface area contributed by atoms with Crippen LogP contribution in [0.2, 0.25) is 0 Å². The first-order valence-corrected chi connectivity index (χ1v) is 8.05. The maximum Gasteiger partial charge on any atom is 0.471 e. The Labute approximate surface area is 155 Å². The zero-order valence-corrected chi connectivity index (χ0v) is 15.0. The Morgan fingerprint density at radius 2 is 1.77 bits per heavy atom. The van der Waals surface area contributed by atoms with E-state index in [1.165, 1.54) is 18.2 Å². The maximum atomic E-state index is 12.3. The Morgan fingerprint density at radius 3 is 2.42 bits per heavy atom. The number of halogens is 4. The van der Waals surface area contributed by atoms with Gasteiger partial charge in [-0.25, -0.2) is 5.43 Å². The molecule has 0 radical (unpaired) electrons. The Kier molecular flexibility index (Phi) is 6.14. The highest BCUT2D eigenvalue weighted by atomic mass is 79.9. The van der Waals surface area contributed by atoms with Crippen LogP contribution in [0, 0.1) is 0 Å². The van der Waals surface area contributed by atoms with E-state index in [4.69, 9.17) is 0 Å². The first-order chi connectivity index (χ1) is 12.2. The number of hydrazone groups is 1. The van der Waals surface area contributed by atoms with Crippen molar-refractivity contribution in [1.29, 1.82) is 0 Å². The van der Waals surface area contributed by atoms with Crippen molar-refractivity contribution in [3.8, 4) is 0 Å². The molecule has 5 nitrogen and oxygen atoms in total. The number of carbonyl (C=O) groups excluding carboxylic acids is 2. The zero-order valence-electron chi connectivity index (χ0n) is 13.4. The van der Waals surface area contributed by atoms with Crippen LogP contribution in [0.4, 0.5) is 18.9 Å². The summed E-state index contributed by atoms with van der Waals surface area (Å²) in [5.74, 6) is -2.51. The van der Waals surface area contributed by atoms with Crippen molar-refractivity contribution < 1.29 is 22.8 Å². The second kappa shape index (κ2) is 8.13. The van der Waals surface area contributed by atoms with Gasteiger partial charge in [-0.15, -0.1) is 0 Å². The van der Waals surface area contributed by atoms with Gasteiger partial charge in [0.15, 0.2) is 0 Å². The molecule has 9 heteroatoms. The average molecular weight is 428 g/mol. The molecule has 0 aromatic heterocycles. The fraction of sp³-hybridized carbons (Fsp3) is 0.118. The van der Waals surface area contributed by atoms with E-state index in [-0.39, 0.29) is 5.69 Å². The minimum atomic E-state index is -4.98. The minimum absolute atomic E-state index is 0.0310. The van der Waals surface area contributed by atoms with Crippen molar-refractivity contribution in [2.45, 2.75) is 13.1 Å². The summed E-state index contributed by atoms with van der Waals surface area (Å²) in [6.45, 7) is 1.57. The molecular formula is C17H13BrF3N3O2. The Bertz CT molecular complexity index is 866. The van der Waals surface area contributed by atoms with Crippen molar-refractivity contribution >= 4 is 39.1 Å². The van der Waals surface area contributed by atoms with E-state index in [1.54, 1.807) is 42.6 Å². The van der Waals surface area contributed by atoms with E-state index in [0.717, 1.165) is 0 Å². The van der Waals surface area contributed by atoms with Gasteiger partial charge in [0, 0.05) is 10.2 Å². The molecule has 2 rings (SSSR count). The fourth-order valence-electron chi connectivity index (χ4n) is 1.93. The second-order valence-corrected chi connectivity index (χ2v) is 6.01. The predicted octanol–water partition coefficient (Wildman–Crippen LogP) is 4.10.